The number of carbonyl (C=O) groups excluding carboxylic acids is 2. The number of ether oxygens (including phenoxy) is 1. The van der Waals surface area contributed by atoms with E-state index in [2.05, 4.69) is 16.9 Å². The van der Waals surface area contributed by atoms with Crippen LogP contribution in [0.2, 0.25) is 0 Å². The molecule has 36 heavy (non-hydrogen) atoms. The van der Waals surface area contributed by atoms with Crippen molar-refractivity contribution in [2.24, 2.45) is 4.99 Å². The number of allylic oxidation sites excluding steroid dienone is 2. The molecule has 0 bridgehead atoms. The predicted molar refractivity (Wildman–Crippen MR) is 146 cm³/mol. The average Bonchev–Trinajstić information content (AvgIpc) is 2.89. The van der Waals surface area contributed by atoms with Gasteiger partial charge in [-0.1, -0.05) is 62.1 Å². The summed E-state index contributed by atoms with van der Waals surface area (Å²) in [7, 11) is 0. The highest BCUT2D eigenvalue weighted by Gasteiger charge is 2.07. The van der Waals surface area contributed by atoms with Crippen molar-refractivity contribution in [1.29, 1.82) is 0 Å². The van der Waals surface area contributed by atoms with E-state index in [0.717, 1.165) is 43.1 Å². The minimum Gasteiger partial charge on any atom is -0.507 e. The van der Waals surface area contributed by atoms with Crippen LogP contribution in [0.15, 0.2) is 72.4 Å². The van der Waals surface area contributed by atoms with E-state index in [1.54, 1.807) is 18.3 Å². The summed E-state index contributed by atoms with van der Waals surface area (Å²) in [6.07, 6.45) is 14.5. The summed E-state index contributed by atoms with van der Waals surface area (Å²) >= 11 is 0. The molecule has 2 rings (SSSR count). The minimum atomic E-state index is -0.268. The Bertz CT molecular complexity index is 999. The van der Waals surface area contributed by atoms with Crippen molar-refractivity contribution in [3.63, 3.8) is 0 Å². The van der Waals surface area contributed by atoms with Crippen LogP contribution < -0.4 is 10.1 Å². The Hall–Kier alpha value is -3.67. The number of esters is 1. The Morgan fingerprint density at radius 3 is 2.53 bits per heavy atom. The number of aldehydes is 1. The molecule has 0 unspecified atom stereocenters. The van der Waals surface area contributed by atoms with Gasteiger partial charge in [0, 0.05) is 37.4 Å². The van der Waals surface area contributed by atoms with Gasteiger partial charge in [0.05, 0.1) is 6.54 Å². The third-order valence-electron chi connectivity index (χ3n) is 5.61. The Kier molecular flexibility index (Phi) is 14.1. The van der Waals surface area contributed by atoms with Gasteiger partial charge >= 0.3 is 5.97 Å². The zero-order chi connectivity index (χ0) is 25.8. The molecule has 0 amide bonds. The van der Waals surface area contributed by atoms with Crippen LogP contribution in [-0.2, 0) is 9.59 Å². The molecule has 0 fully saturated rings. The Labute approximate surface area is 214 Å². The molecule has 2 aromatic carbocycles. The van der Waals surface area contributed by atoms with Gasteiger partial charge < -0.3 is 20.0 Å². The maximum absolute atomic E-state index is 12.2. The van der Waals surface area contributed by atoms with Gasteiger partial charge in [-0.25, -0.2) is 0 Å². The smallest absolute Gasteiger partial charge is 0.311 e. The molecular weight excluding hydrogens is 452 g/mol. The first-order valence-electron chi connectivity index (χ1n) is 12.7. The molecule has 0 saturated heterocycles. The molecule has 0 aromatic heterocycles. The molecule has 0 heterocycles. The SMILES string of the molecule is C=CCCCCCCCCC(=O)Oc1ccc(O)c(C=NCCN/C=C(\CC=O)c2ccccc2)c1. The van der Waals surface area contributed by atoms with Gasteiger partial charge in [0.25, 0.3) is 0 Å². The number of nitrogens with zero attached hydrogens (tertiary/aromatic N) is 1. The fraction of sp³-hybridized carbons (Fsp3) is 0.367. The van der Waals surface area contributed by atoms with Crippen LogP contribution in [0.4, 0.5) is 0 Å². The molecule has 2 aromatic rings. The first-order valence-corrected chi connectivity index (χ1v) is 12.7. The zero-order valence-electron chi connectivity index (χ0n) is 21.0. The van der Waals surface area contributed by atoms with E-state index in [-0.39, 0.29) is 11.7 Å². The van der Waals surface area contributed by atoms with Gasteiger partial charge in [0.15, 0.2) is 0 Å². The number of phenols is 1. The molecule has 192 valence electrons. The average molecular weight is 491 g/mol. The molecule has 0 saturated carbocycles. The van der Waals surface area contributed by atoms with E-state index in [9.17, 15) is 14.7 Å². The van der Waals surface area contributed by atoms with Crippen molar-refractivity contribution >= 4 is 24.0 Å². The number of phenolic OH excluding ortho intramolecular Hbond substituents is 1. The van der Waals surface area contributed by atoms with E-state index in [4.69, 9.17) is 4.74 Å². The van der Waals surface area contributed by atoms with Crippen LogP contribution in [0.3, 0.4) is 0 Å². The number of hydrogen-bond donors (Lipinski definition) is 2. The zero-order valence-corrected chi connectivity index (χ0v) is 21.0. The van der Waals surface area contributed by atoms with Crippen LogP contribution in [0.25, 0.3) is 5.57 Å². The molecule has 2 N–H and O–H groups in total. The predicted octanol–water partition coefficient (Wildman–Crippen LogP) is 6.24. The highest BCUT2D eigenvalue weighted by atomic mass is 16.5. The van der Waals surface area contributed by atoms with Crippen LogP contribution in [0, 0.1) is 0 Å². The van der Waals surface area contributed by atoms with Crippen molar-refractivity contribution in [2.75, 3.05) is 13.1 Å². The summed E-state index contributed by atoms with van der Waals surface area (Å²) < 4.78 is 5.43. The largest absolute Gasteiger partial charge is 0.507 e. The summed E-state index contributed by atoms with van der Waals surface area (Å²) in [5, 5.41) is 13.3. The van der Waals surface area contributed by atoms with Crippen molar-refractivity contribution < 1.29 is 19.4 Å². The lowest BCUT2D eigenvalue weighted by atomic mass is 10.0. The fourth-order valence-corrected chi connectivity index (χ4v) is 3.64. The Balaban J connectivity index is 1.74. The van der Waals surface area contributed by atoms with Gasteiger partial charge in [-0.2, -0.15) is 0 Å². The molecule has 0 radical (unpaired) electrons. The fourth-order valence-electron chi connectivity index (χ4n) is 3.64. The minimum absolute atomic E-state index is 0.0696. The number of unbranched alkanes of at least 4 members (excludes halogenated alkanes) is 6. The van der Waals surface area contributed by atoms with Crippen molar-refractivity contribution in [2.45, 2.75) is 57.8 Å². The number of benzene rings is 2. The molecule has 6 nitrogen and oxygen atoms in total. The number of aromatic hydroxyl groups is 1. The third-order valence-corrected chi connectivity index (χ3v) is 5.61. The van der Waals surface area contributed by atoms with E-state index < -0.39 is 0 Å². The van der Waals surface area contributed by atoms with Crippen molar-refractivity contribution in [1.82, 2.24) is 5.32 Å². The highest BCUT2D eigenvalue weighted by Crippen LogP contribution is 2.22. The van der Waals surface area contributed by atoms with Gasteiger partial charge in [-0.05, 0) is 48.6 Å². The molecular formula is C30H38N2O4. The first kappa shape index (κ1) is 28.6. The summed E-state index contributed by atoms with van der Waals surface area (Å²) in [6, 6.07) is 14.4. The number of rotatable bonds is 18. The number of aliphatic imine (C=N–C) groups is 1. The summed E-state index contributed by atoms with van der Waals surface area (Å²) in [6.45, 7) is 4.76. The van der Waals surface area contributed by atoms with Crippen LogP contribution >= 0.6 is 0 Å². The van der Waals surface area contributed by atoms with Crippen LogP contribution in [-0.4, -0.2) is 36.7 Å². The van der Waals surface area contributed by atoms with Gasteiger partial charge in [-0.15, -0.1) is 6.58 Å². The lowest BCUT2D eigenvalue weighted by molar-refractivity contribution is -0.134. The Morgan fingerprint density at radius 1 is 1.03 bits per heavy atom. The topological polar surface area (TPSA) is 88.0 Å². The molecule has 0 aliphatic rings. The highest BCUT2D eigenvalue weighted by molar-refractivity contribution is 5.84. The number of nitrogens with one attached hydrogen (secondary N) is 1. The molecule has 0 atom stereocenters. The second-order valence-corrected chi connectivity index (χ2v) is 8.54. The Morgan fingerprint density at radius 2 is 1.78 bits per heavy atom. The molecule has 0 aliphatic carbocycles. The van der Waals surface area contributed by atoms with E-state index in [0.29, 0.717) is 37.2 Å². The molecule has 6 heteroatoms. The van der Waals surface area contributed by atoms with Gasteiger partial charge in [0.2, 0.25) is 0 Å². The first-order chi connectivity index (χ1) is 17.6. The standard InChI is InChI=1S/C30H38N2O4/c1-2-3-4-5-6-7-8-12-15-30(35)36-28-16-17-29(34)27(22-28)24-32-20-19-31-23-26(18-21-33)25-13-10-9-11-14-25/h2,9-11,13-14,16-17,21-24,31,34H,1,3-8,12,15,18-20H2/b26-23+,32-24?. The van der Waals surface area contributed by atoms with Gasteiger partial charge in [0.1, 0.15) is 17.8 Å². The molecule has 0 aliphatic heterocycles. The summed E-state index contributed by atoms with van der Waals surface area (Å²) in [5.74, 6) is 0.196. The van der Waals surface area contributed by atoms with Gasteiger partial charge in [-0.3, -0.25) is 9.79 Å². The summed E-state index contributed by atoms with van der Waals surface area (Å²) in [5.41, 5.74) is 2.39. The third kappa shape index (κ3) is 11.6. The lowest BCUT2D eigenvalue weighted by Gasteiger charge is -2.07. The second-order valence-electron chi connectivity index (χ2n) is 8.54. The lowest BCUT2D eigenvalue weighted by Crippen LogP contribution is -2.11. The quantitative estimate of drug-likeness (QED) is 0.0645. The van der Waals surface area contributed by atoms with Crippen LogP contribution in [0.1, 0.15) is 68.9 Å². The maximum Gasteiger partial charge on any atom is 0.311 e. The van der Waals surface area contributed by atoms with E-state index in [1.165, 1.54) is 25.3 Å². The van der Waals surface area contributed by atoms with Crippen LogP contribution in [0.5, 0.6) is 11.5 Å². The van der Waals surface area contributed by atoms with E-state index in [1.807, 2.05) is 42.6 Å². The second kappa shape index (κ2) is 17.7. The van der Waals surface area contributed by atoms with E-state index >= 15 is 0 Å². The molecule has 0 spiro atoms. The number of carbonyl (C=O) groups is 2. The number of hydrogen-bond acceptors (Lipinski definition) is 6. The summed E-state index contributed by atoms with van der Waals surface area (Å²) in [4.78, 5) is 27.5. The normalized spacial score (nSPS) is 11.4. The maximum atomic E-state index is 12.2. The van der Waals surface area contributed by atoms with Crippen molar-refractivity contribution in [3.8, 4) is 11.5 Å². The monoisotopic (exact) mass is 490 g/mol. The van der Waals surface area contributed by atoms with Crippen molar-refractivity contribution in [3.05, 3.63) is 78.5 Å².